The molecule has 104 valence electrons. The van der Waals surface area contributed by atoms with Gasteiger partial charge in [0.2, 0.25) is 0 Å². The molecule has 1 N–H and O–H groups in total. The Labute approximate surface area is 127 Å². The second-order valence-electron chi connectivity index (χ2n) is 4.03. The van der Waals surface area contributed by atoms with Crippen LogP contribution in [0.3, 0.4) is 0 Å². The summed E-state index contributed by atoms with van der Waals surface area (Å²) < 4.78 is 26.7. The molecule has 0 spiro atoms. The molecule has 0 unspecified atom stereocenters. The highest BCUT2D eigenvalue weighted by Crippen LogP contribution is 2.27. The van der Waals surface area contributed by atoms with Crippen molar-refractivity contribution in [1.82, 2.24) is 0 Å². The normalized spacial score (nSPS) is 10.4. The molecule has 2 rings (SSSR count). The van der Waals surface area contributed by atoms with E-state index in [2.05, 4.69) is 21.2 Å². The van der Waals surface area contributed by atoms with E-state index in [1.54, 1.807) is 24.3 Å². The first-order valence-corrected chi connectivity index (χ1v) is 6.95. The molecule has 0 aliphatic carbocycles. The van der Waals surface area contributed by atoms with Crippen LogP contribution in [0, 0.1) is 11.6 Å². The number of rotatable bonds is 3. The molecule has 2 nitrogen and oxygen atoms in total. The minimum absolute atomic E-state index is 0.0992. The van der Waals surface area contributed by atoms with E-state index >= 15 is 0 Å². The molecule has 2 aromatic rings. The standard InChI is InChI=1S/C14H9BrClF2NO/c15-11-5-10(17)6-12(18)13(11)19-14(20)9-3-1-8(7-16)2-4-9/h1-6H,7H2,(H,19,20). The zero-order valence-electron chi connectivity index (χ0n) is 10.1. The average Bonchev–Trinajstić information content (AvgIpc) is 2.42. The van der Waals surface area contributed by atoms with Gasteiger partial charge in [0.05, 0.1) is 5.69 Å². The molecular weight excluding hydrogens is 352 g/mol. The zero-order chi connectivity index (χ0) is 14.7. The first-order valence-electron chi connectivity index (χ1n) is 5.62. The fraction of sp³-hybridized carbons (Fsp3) is 0.0714. The van der Waals surface area contributed by atoms with Crippen molar-refractivity contribution in [1.29, 1.82) is 0 Å². The molecule has 2 aromatic carbocycles. The lowest BCUT2D eigenvalue weighted by molar-refractivity contribution is 0.102. The van der Waals surface area contributed by atoms with Crippen molar-refractivity contribution >= 4 is 39.1 Å². The molecule has 0 aromatic heterocycles. The van der Waals surface area contributed by atoms with E-state index in [0.717, 1.165) is 11.6 Å². The molecule has 0 aliphatic rings. The Morgan fingerprint density at radius 3 is 2.40 bits per heavy atom. The van der Waals surface area contributed by atoms with E-state index in [1.165, 1.54) is 0 Å². The Bertz CT molecular complexity index is 623. The van der Waals surface area contributed by atoms with Gasteiger partial charge in [-0.05, 0) is 39.7 Å². The lowest BCUT2D eigenvalue weighted by Crippen LogP contribution is -2.13. The average molecular weight is 361 g/mol. The van der Waals surface area contributed by atoms with Gasteiger partial charge in [0.1, 0.15) is 5.82 Å². The molecule has 0 saturated carbocycles. The van der Waals surface area contributed by atoms with Crippen LogP contribution < -0.4 is 5.32 Å². The molecule has 0 saturated heterocycles. The summed E-state index contributed by atoms with van der Waals surface area (Å²) in [6, 6.07) is 8.37. The second-order valence-corrected chi connectivity index (χ2v) is 5.15. The van der Waals surface area contributed by atoms with Gasteiger partial charge in [-0.3, -0.25) is 4.79 Å². The van der Waals surface area contributed by atoms with E-state index in [1.807, 2.05) is 0 Å². The summed E-state index contributed by atoms with van der Waals surface area (Å²) in [6.07, 6.45) is 0. The topological polar surface area (TPSA) is 29.1 Å². The maximum atomic E-state index is 13.6. The molecule has 0 aliphatic heterocycles. The third kappa shape index (κ3) is 3.35. The van der Waals surface area contributed by atoms with Crippen LogP contribution in [0.4, 0.5) is 14.5 Å². The Balaban J connectivity index is 2.23. The molecule has 20 heavy (non-hydrogen) atoms. The fourth-order valence-electron chi connectivity index (χ4n) is 1.59. The van der Waals surface area contributed by atoms with Crippen molar-refractivity contribution in [2.24, 2.45) is 0 Å². The van der Waals surface area contributed by atoms with Crippen LogP contribution in [-0.4, -0.2) is 5.91 Å². The van der Waals surface area contributed by atoms with Gasteiger partial charge >= 0.3 is 0 Å². The number of benzene rings is 2. The minimum atomic E-state index is -0.845. The summed E-state index contributed by atoms with van der Waals surface area (Å²) in [5.74, 6) is -1.71. The highest BCUT2D eigenvalue weighted by molar-refractivity contribution is 9.10. The maximum absolute atomic E-state index is 13.6. The number of nitrogens with one attached hydrogen (secondary N) is 1. The summed E-state index contributed by atoms with van der Waals surface area (Å²) in [5.41, 5.74) is 1.13. The number of anilines is 1. The summed E-state index contributed by atoms with van der Waals surface area (Å²) in [7, 11) is 0. The summed E-state index contributed by atoms with van der Waals surface area (Å²) in [6.45, 7) is 0. The molecule has 0 radical (unpaired) electrons. The monoisotopic (exact) mass is 359 g/mol. The molecule has 1 amide bonds. The molecular formula is C14H9BrClF2NO. The van der Waals surface area contributed by atoms with Crippen molar-refractivity contribution in [3.8, 4) is 0 Å². The van der Waals surface area contributed by atoms with Gasteiger partial charge < -0.3 is 5.32 Å². The highest BCUT2D eigenvalue weighted by Gasteiger charge is 2.13. The first kappa shape index (κ1) is 14.9. The van der Waals surface area contributed by atoms with Crippen LogP contribution in [0.15, 0.2) is 40.9 Å². The van der Waals surface area contributed by atoms with Crippen molar-refractivity contribution in [2.45, 2.75) is 5.88 Å². The molecule has 6 heteroatoms. The fourth-order valence-corrected chi connectivity index (χ4v) is 2.28. The van der Waals surface area contributed by atoms with Crippen molar-refractivity contribution in [2.75, 3.05) is 5.32 Å². The van der Waals surface area contributed by atoms with Crippen molar-refractivity contribution < 1.29 is 13.6 Å². The SMILES string of the molecule is O=C(Nc1c(F)cc(F)cc1Br)c1ccc(CCl)cc1. The minimum Gasteiger partial charge on any atom is -0.319 e. The number of alkyl halides is 1. The molecule has 0 atom stereocenters. The van der Waals surface area contributed by atoms with E-state index < -0.39 is 17.5 Å². The molecule has 0 heterocycles. The van der Waals surface area contributed by atoms with Crippen LogP contribution in [0.25, 0.3) is 0 Å². The lowest BCUT2D eigenvalue weighted by atomic mass is 10.1. The van der Waals surface area contributed by atoms with Crippen LogP contribution in [0.1, 0.15) is 15.9 Å². The van der Waals surface area contributed by atoms with Gasteiger partial charge in [0.25, 0.3) is 5.91 Å². The van der Waals surface area contributed by atoms with Crippen LogP contribution >= 0.6 is 27.5 Å². The van der Waals surface area contributed by atoms with E-state index in [0.29, 0.717) is 17.5 Å². The Morgan fingerprint density at radius 1 is 1.20 bits per heavy atom. The summed E-state index contributed by atoms with van der Waals surface area (Å²) >= 11 is 8.66. The number of hydrogen-bond donors (Lipinski definition) is 1. The van der Waals surface area contributed by atoms with Crippen LogP contribution in [0.2, 0.25) is 0 Å². The number of carbonyl (C=O) groups is 1. The Morgan fingerprint density at radius 2 is 1.85 bits per heavy atom. The van der Waals surface area contributed by atoms with E-state index in [-0.39, 0.29) is 10.2 Å². The predicted molar refractivity (Wildman–Crippen MR) is 78.0 cm³/mol. The van der Waals surface area contributed by atoms with Gasteiger partial charge in [-0.1, -0.05) is 12.1 Å². The highest BCUT2D eigenvalue weighted by atomic mass is 79.9. The van der Waals surface area contributed by atoms with Crippen molar-refractivity contribution in [3.63, 3.8) is 0 Å². The number of halogens is 4. The van der Waals surface area contributed by atoms with Crippen LogP contribution in [0.5, 0.6) is 0 Å². The third-order valence-corrected chi connectivity index (χ3v) is 3.55. The van der Waals surface area contributed by atoms with Gasteiger partial charge in [0.15, 0.2) is 5.82 Å². The number of hydrogen-bond acceptors (Lipinski definition) is 1. The predicted octanol–water partition coefficient (Wildman–Crippen LogP) is 4.72. The molecule has 0 bridgehead atoms. The largest absolute Gasteiger partial charge is 0.319 e. The smallest absolute Gasteiger partial charge is 0.255 e. The van der Waals surface area contributed by atoms with E-state index in [4.69, 9.17) is 11.6 Å². The van der Waals surface area contributed by atoms with Gasteiger partial charge in [-0.25, -0.2) is 8.78 Å². The van der Waals surface area contributed by atoms with Gasteiger partial charge in [-0.2, -0.15) is 0 Å². The van der Waals surface area contributed by atoms with Crippen LogP contribution in [-0.2, 0) is 5.88 Å². The number of amides is 1. The second kappa shape index (κ2) is 6.33. The summed E-state index contributed by atoms with van der Waals surface area (Å²) in [4.78, 5) is 12.0. The molecule has 0 fully saturated rings. The summed E-state index contributed by atoms with van der Waals surface area (Å²) in [5, 5.41) is 2.40. The third-order valence-electron chi connectivity index (χ3n) is 2.62. The van der Waals surface area contributed by atoms with E-state index in [9.17, 15) is 13.6 Å². The Hall–Kier alpha value is -1.46. The zero-order valence-corrected chi connectivity index (χ0v) is 12.4. The first-order chi connectivity index (χ1) is 9.51. The van der Waals surface area contributed by atoms with Crippen molar-refractivity contribution in [3.05, 3.63) is 63.6 Å². The van der Waals surface area contributed by atoms with Gasteiger partial charge in [-0.15, -0.1) is 11.6 Å². The van der Waals surface area contributed by atoms with Gasteiger partial charge in [0, 0.05) is 22.0 Å². The Kier molecular flexibility index (Phi) is 4.73. The maximum Gasteiger partial charge on any atom is 0.255 e. The quantitative estimate of drug-likeness (QED) is 0.789. The number of carbonyl (C=O) groups excluding carboxylic acids is 1. The lowest BCUT2D eigenvalue weighted by Gasteiger charge is -2.09.